The molecule has 7 heteroatoms. The van der Waals surface area contributed by atoms with E-state index in [9.17, 15) is 4.79 Å². The first-order chi connectivity index (χ1) is 14.6. The molecule has 0 saturated heterocycles. The summed E-state index contributed by atoms with van der Waals surface area (Å²) in [4.78, 5) is 17.9. The van der Waals surface area contributed by atoms with Crippen molar-refractivity contribution in [3.05, 3.63) is 53.4 Å². The third kappa shape index (κ3) is 5.97. The van der Waals surface area contributed by atoms with Crippen LogP contribution in [0.1, 0.15) is 24.6 Å². The SMILES string of the molecule is CCOc1ccc(-c2nc(NC(=O)CCCOc3ccc(OC)cc3)sc2C)cc1. The minimum absolute atomic E-state index is 0.0691. The van der Waals surface area contributed by atoms with Crippen molar-refractivity contribution in [3.63, 3.8) is 0 Å². The second-order valence-corrected chi connectivity index (χ2v) is 7.76. The lowest BCUT2D eigenvalue weighted by Gasteiger charge is -2.07. The number of amides is 1. The number of carbonyl (C=O) groups is 1. The number of rotatable bonds is 10. The Bertz CT molecular complexity index is 952. The summed E-state index contributed by atoms with van der Waals surface area (Å²) >= 11 is 1.47. The molecule has 0 atom stereocenters. The van der Waals surface area contributed by atoms with Gasteiger partial charge in [0.15, 0.2) is 5.13 Å². The summed E-state index contributed by atoms with van der Waals surface area (Å²) in [7, 11) is 1.62. The minimum atomic E-state index is -0.0691. The Kier molecular flexibility index (Phi) is 7.68. The summed E-state index contributed by atoms with van der Waals surface area (Å²) in [5, 5.41) is 3.50. The van der Waals surface area contributed by atoms with E-state index in [-0.39, 0.29) is 5.91 Å². The van der Waals surface area contributed by atoms with Crippen LogP contribution >= 0.6 is 11.3 Å². The molecule has 0 unspecified atom stereocenters. The summed E-state index contributed by atoms with van der Waals surface area (Å²) < 4.78 is 16.3. The summed E-state index contributed by atoms with van der Waals surface area (Å²) in [5.74, 6) is 2.30. The summed E-state index contributed by atoms with van der Waals surface area (Å²) in [6.45, 7) is 5.06. The number of carbonyl (C=O) groups excluding carboxylic acids is 1. The van der Waals surface area contributed by atoms with Gasteiger partial charge in [0.1, 0.15) is 17.2 Å². The van der Waals surface area contributed by atoms with Gasteiger partial charge in [0, 0.05) is 16.9 Å². The summed E-state index contributed by atoms with van der Waals surface area (Å²) in [5.41, 5.74) is 1.88. The maximum atomic E-state index is 12.2. The zero-order chi connectivity index (χ0) is 21.3. The zero-order valence-corrected chi connectivity index (χ0v) is 18.3. The molecule has 0 aliphatic heterocycles. The average Bonchev–Trinajstić information content (AvgIpc) is 3.12. The van der Waals surface area contributed by atoms with Gasteiger partial charge in [-0.3, -0.25) is 4.79 Å². The monoisotopic (exact) mass is 426 g/mol. The van der Waals surface area contributed by atoms with Crippen LogP contribution in [0.4, 0.5) is 5.13 Å². The highest BCUT2D eigenvalue weighted by Gasteiger charge is 2.12. The van der Waals surface area contributed by atoms with Gasteiger partial charge >= 0.3 is 0 Å². The number of methoxy groups -OCH3 is 1. The van der Waals surface area contributed by atoms with E-state index in [0.717, 1.165) is 33.4 Å². The molecule has 158 valence electrons. The Labute approximate surface area is 180 Å². The number of nitrogens with zero attached hydrogens (tertiary/aromatic N) is 1. The van der Waals surface area contributed by atoms with Crippen molar-refractivity contribution in [2.75, 3.05) is 25.6 Å². The normalized spacial score (nSPS) is 10.5. The van der Waals surface area contributed by atoms with Gasteiger partial charge in [0.05, 0.1) is 26.0 Å². The number of thiazole rings is 1. The van der Waals surface area contributed by atoms with E-state index >= 15 is 0 Å². The molecule has 3 rings (SSSR count). The standard InChI is InChI=1S/C23H26N2O4S/c1-4-28-19-9-7-17(8-10-19)22-16(2)30-23(25-22)24-21(26)6-5-15-29-20-13-11-18(27-3)12-14-20/h7-14H,4-6,15H2,1-3H3,(H,24,25,26). The van der Waals surface area contributed by atoms with E-state index < -0.39 is 0 Å². The fourth-order valence-electron chi connectivity index (χ4n) is 2.87. The highest BCUT2D eigenvalue weighted by Crippen LogP contribution is 2.31. The van der Waals surface area contributed by atoms with Gasteiger partial charge in [0.25, 0.3) is 0 Å². The van der Waals surface area contributed by atoms with Crippen LogP contribution in [-0.4, -0.2) is 31.2 Å². The molecule has 30 heavy (non-hydrogen) atoms. The van der Waals surface area contributed by atoms with Crippen molar-refractivity contribution in [2.24, 2.45) is 0 Å². The van der Waals surface area contributed by atoms with E-state index in [0.29, 0.717) is 31.2 Å². The van der Waals surface area contributed by atoms with Crippen LogP contribution in [0, 0.1) is 6.92 Å². The summed E-state index contributed by atoms with van der Waals surface area (Å²) in [6.07, 6.45) is 0.987. The van der Waals surface area contributed by atoms with Crippen molar-refractivity contribution in [2.45, 2.75) is 26.7 Å². The Morgan fingerprint density at radius 1 is 1.00 bits per heavy atom. The van der Waals surface area contributed by atoms with Crippen LogP contribution in [0.15, 0.2) is 48.5 Å². The second-order valence-electron chi connectivity index (χ2n) is 6.56. The van der Waals surface area contributed by atoms with Crippen molar-refractivity contribution < 1.29 is 19.0 Å². The molecule has 1 N–H and O–H groups in total. The molecule has 0 fully saturated rings. The predicted octanol–water partition coefficient (Wildman–Crippen LogP) is 5.32. The Morgan fingerprint density at radius 3 is 2.30 bits per heavy atom. The quantitative estimate of drug-likeness (QED) is 0.444. The van der Waals surface area contributed by atoms with Crippen LogP contribution in [0.25, 0.3) is 11.3 Å². The molecule has 1 aromatic heterocycles. The van der Waals surface area contributed by atoms with Crippen LogP contribution in [-0.2, 0) is 4.79 Å². The Hall–Kier alpha value is -3.06. The van der Waals surface area contributed by atoms with Crippen LogP contribution < -0.4 is 19.5 Å². The lowest BCUT2D eigenvalue weighted by molar-refractivity contribution is -0.116. The van der Waals surface area contributed by atoms with Crippen LogP contribution in [0.2, 0.25) is 0 Å². The maximum absolute atomic E-state index is 12.2. The van der Waals surface area contributed by atoms with Gasteiger partial charge in [-0.25, -0.2) is 4.98 Å². The molecular weight excluding hydrogens is 400 g/mol. The van der Waals surface area contributed by atoms with Crippen molar-refractivity contribution >= 4 is 22.4 Å². The van der Waals surface area contributed by atoms with Crippen molar-refractivity contribution in [3.8, 4) is 28.5 Å². The van der Waals surface area contributed by atoms with Crippen molar-refractivity contribution in [1.82, 2.24) is 4.98 Å². The number of nitrogens with one attached hydrogen (secondary N) is 1. The number of ether oxygens (including phenoxy) is 3. The number of aromatic nitrogens is 1. The molecule has 0 bridgehead atoms. The molecule has 0 aliphatic carbocycles. The predicted molar refractivity (Wildman–Crippen MR) is 120 cm³/mol. The molecule has 1 amide bonds. The first-order valence-electron chi connectivity index (χ1n) is 9.86. The number of hydrogen-bond donors (Lipinski definition) is 1. The highest BCUT2D eigenvalue weighted by molar-refractivity contribution is 7.16. The third-order valence-corrected chi connectivity index (χ3v) is 5.24. The van der Waals surface area contributed by atoms with E-state index in [2.05, 4.69) is 10.3 Å². The van der Waals surface area contributed by atoms with Gasteiger partial charge in [-0.05, 0) is 68.8 Å². The van der Waals surface area contributed by atoms with Gasteiger partial charge < -0.3 is 19.5 Å². The molecule has 2 aromatic carbocycles. The zero-order valence-electron chi connectivity index (χ0n) is 17.4. The molecule has 1 heterocycles. The van der Waals surface area contributed by atoms with E-state index in [1.165, 1.54) is 11.3 Å². The molecule has 0 aliphatic rings. The van der Waals surface area contributed by atoms with Crippen LogP contribution in [0.3, 0.4) is 0 Å². The summed E-state index contributed by atoms with van der Waals surface area (Å²) in [6, 6.07) is 15.2. The molecular formula is C23H26N2O4S. The van der Waals surface area contributed by atoms with Crippen LogP contribution in [0.5, 0.6) is 17.2 Å². The largest absolute Gasteiger partial charge is 0.497 e. The fourth-order valence-corrected chi connectivity index (χ4v) is 3.72. The molecule has 3 aromatic rings. The lowest BCUT2D eigenvalue weighted by atomic mass is 10.1. The smallest absolute Gasteiger partial charge is 0.226 e. The minimum Gasteiger partial charge on any atom is -0.497 e. The Balaban J connectivity index is 1.47. The first-order valence-corrected chi connectivity index (χ1v) is 10.7. The average molecular weight is 427 g/mol. The number of benzene rings is 2. The third-order valence-electron chi connectivity index (χ3n) is 4.36. The van der Waals surface area contributed by atoms with Crippen molar-refractivity contribution in [1.29, 1.82) is 0 Å². The van der Waals surface area contributed by atoms with Gasteiger partial charge in [-0.1, -0.05) is 0 Å². The number of anilines is 1. The van der Waals surface area contributed by atoms with E-state index in [4.69, 9.17) is 14.2 Å². The first kappa shape index (κ1) is 21.6. The number of hydrogen-bond acceptors (Lipinski definition) is 6. The van der Waals surface area contributed by atoms with E-state index in [1.807, 2.05) is 62.4 Å². The second kappa shape index (κ2) is 10.6. The molecule has 0 saturated carbocycles. The van der Waals surface area contributed by atoms with Gasteiger partial charge in [-0.15, -0.1) is 11.3 Å². The lowest BCUT2D eigenvalue weighted by Crippen LogP contribution is -2.12. The Morgan fingerprint density at radius 2 is 1.63 bits per heavy atom. The van der Waals surface area contributed by atoms with Gasteiger partial charge in [0.2, 0.25) is 5.91 Å². The topological polar surface area (TPSA) is 69.7 Å². The maximum Gasteiger partial charge on any atom is 0.226 e. The number of aryl methyl sites for hydroxylation is 1. The highest BCUT2D eigenvalue weighted by atomic mass is 32.1. The molecule has 6 nitrogen and oxygen atoms in total. The van der Waals surface area contributed by atoms with E-state index in [1.54, 1.807) is 7.11 Å². The fraction of sp³-hybridized carbons (Fsp3) is 0.304. The van der Waals surface area contributed by atoms with Gasteiger partial charge in [-0.2, -0.15) is 0 Å². The molecule has 0 spiro atoms. The molecule has 0 radical (unpaired) electrons.